The molecule has 1 aromatic rings. The fourth-order valence-corrected chi connectivity index (χ4v) is 3.78. The number of carbonyl (C=O) groups is 1. The highest BCUT2D eigenvalue weighted by Gasteiger charge is 2.32. The number of benzene rings is 1. The van der Waals surface area contributed by atoms with E-state index in [0.29, 0.717) is 17.5 Å². The van der Waals surface area contributed by atoms with Gasteiger partial charge in [-0.15, -0.1) is 0 Å². The largest absolute Gasteiger partial charge is 0.478 e. The van der Waals surface area contributed by atoms with Crippen molar-refractivity contribution in [3.05, 3.63) is 35.4 Å². The molecule has 1 aromatic carbocycles. The predicted molar refractivity (Wildman–Crippen MR) is 96.2 cm³/mol. The molecule has 4 heteroatoms. The van der Waals surface area contributed by atoms with Gasteiger partial charge in [0.05, 0.1) is 5.56 Å². The molecule has 2 aliphatic rings. The topological polar surface area (TPSA) is 43.8 Å². The van der Waals surface area contributed by atoms with E-state index >= 15 is 0 Å². The van der Waals surface area contributed by atoms with Crippen LogP contribution in [0.4, 0.5) is 0 Å². The molecule has 0 spiro atoms. The zero-order chi connectivity index (χ0) is 17.1. The first-order valence-corrected chi connectivity index (χ1v) is 9.31. The molecule has 1 saturated carbocycles. The minimum Gasteiger partial charge on any atom is -0.478 e. The molecule has 1 atom stereocenters. The van der Waals surface area contributed by atoms with Gasteiger partial charge in [0.15, 0.2) is 0 Å². The molecule has 1 aliphatic carbocycles. The second-order valence-electron chi connectivity index (χ2n) is 7.84. The molecule has 0 radical (unpaired) electrons. The van der Waals surface area contributed by atoms with Crippen molar-refractivity contribution in [2.24, 2.45) is 11.8 Å². The molecule has 1 aliphatic heterocycles. The van der Waals surface area contributed by atoms with Gasteiger partial charge in [-0.05, 0) is 61.9 Å². The first-order chi connectivity index (χ1) is 11.5. The number of carboxylic acids is 1. The predicted octanol–water partition coefficient (Wildman–Crippen LogP) is 3.33. The molecule has 24 heavy (non-hydrogen) atoms. The lowest BCUT2D eigenvalue weighted by molar-refractivity contribution is 0.0697. The average Bonchev–Trinajstić information content (AvgIpc) is 3.36. The van der Waals surface area contributed by atoms with Gasteiger partial charge in [0.1, 0.15) is 0 Å². The van der Waals surface area contributed by atoms with Crippen molar-refractivity contribution in [3.63, 3.8) is 0 Å². The van der Waals surface area contributed by atoms with Crippen LogP contribution in [-0.4, -0.2) is 53.1 Å². The quantitative estimate of drug-likeness (QED) is 0.869. The van der Waals surface area contributed by atoms with Crippen molar-refractivity contribution in [2.45, 2.75) is 45.7 Å². The minimum atomic E-state index is -0.855. The Morgan fingerprint density at radius 1 is 1.21 bits per heavy atom. The van der Waals surface area contributed by atoms with Crippen molar-refractivity contribution in [3.8, 4) is 0 Å². The summed E-state index contributed by atoms with van der Waals surface area (Å²) in [6.45, 7) is 10.3. The monoisotopic (exact) mass is 330 g/mol. The molecule has 132 valence electrons. The number of carboxylic acid groups (broad SMARTS) is 1. The average molecular weight is 330 g/mol. The minimum absolute atomic E-state index is 0.366. The summed E-state index contributed by atoms with van der Waals surface area (Å²) in [5.74, 6) is 0.756. The summed E-state index contributed by atoms with van der Waals surface area (Å²) in [6.07, 6.45) is 4.06. The van der Waals surface area contributed by atoms with Gasteiger partial charge in [0, 0.05) is 25.7 Å². The van der Waals surface area contributed by atoms with Crippen LogP contribution < -0.4 is 0 Å². The Kier molecular flexibility index (Phi) is 5.57. The van der Waals surface area contributed by atoms with Crippen molar-refractivity contribution < 1.29 is 9.90 Å². The van der Waals surface area contributed by atoms with Crippen LogP contribution >= 0.6 is 0 Å². The highest BCUT2D eigenvalue weighted by atomic mass is 16.4. The highest BCUT2D eigenvalue weighted by Crippen LogP contribution is 2.32. The van der Waals surface area contributed by atoms with Crippen molar-refractivity contribution in [1.29, 1.82) is 0 Å². The highest BCUT2D eigenvalue weighted by molar-refractivity contribution is 5.87. The Labute approximate surface area is 145 Å². The molecular weight excluding hydrogens is 300 g/mol. The number of hydrogen-bond donors (Lipinski definition) is 1. The normalized spacial score (nSPS) is 23.4. The maximum absolute atomic E-state index is 11.0. The second-order valence-corrected chi connectivity index (χ2v) is 7.84. The number of rotatable bonds is 6. The first kappa shape index (κ1) is 17.4. The van der Waals surface area contributed by atoms with Gasteiger partial charge in [-0.1, -0.05) is 26.0 Å². The molecule has 3 rings (SSSR count). The lowest BCUT2D eigenvalue weighted by Crippen LogP contribution is -2.45. The Bertz CT molecular complexity index is 551. The molecule has 1 unspecified atom stereocenters. The molecule has 4 nitrogen and oxygen atoms in total. The molecule has 1 saturated heterocycles. The lowest BCUT2D eigenvalue weighted by atomic mass is 10.0. The smallest absolute Gasteiger partial charge is 0.335 e. The van der Waals surface area contributed by atoms with E-state index in [9.17, 15) is 4.79 Å². The molecule has 2 fully saturated rings. The van der Waals surface area contributed by atoms with Gasteiger partial charge in [0.25, 0.3) is 0 Å². The molecule has 0 amide bonds. The van der Waals surface area contributed by atoms with Crippen LogP contribution in [0, 0.1) is 11.8 Å². The second kappa shape index (κ2) is 7.66. The van der Waals surface area contributed by atoms with Crippen LogP contribution in [0.3, 0.4) is 0 Å². The Balaban J connectivity index is 1.63. The molecule has 1 heterocycles. The number of hydrogen-bond acceptors (Lipinski definition) is 3. The Morgan fingerprint density at radius 3 is 2.50 bits per heavy atom. The fourth-order valence-electron chi connectivity index (χ4n) is 3.78. The van der Waals surface area contributed by atoms with E-state index in [1.165, 1.54) is 37.9 Å². The zero-order valence-electron chi connectivity index (χ0n) is 14.9. The van der Waals surface area contributed by atoms with E-state index in [-0.39, 0.29) is 0 Å². The maximum Gasteiger partial charge on any atom is 0.335 e. The van der Waals surface area contributed by atoms with Gasteiger partial charge in [-0.3, -0.25) is 9.80 Å². The van der Waals surface area contributed by atoms with Crippen LogP contribution in [0.15, 0.2) is 24.3 Å². The summed E-state index contributed by atoms with van der Waals surface area (Å²) in [4.78, 5) is 16.3. The van der Waals surface area contributed by atoms with Crippen molar-refractivity contribution in [2.75, 3.05) is 26.2 Å². The molecular formula is C20H30N2O2. The van der Waals surface area contributed by atoms with Gasteiger partial charge >= 0.3 is 5.97 Å². The summed E-state index contributed by atoms with van der Waals surface area (Å²) in [5, 5.41) is 9.02. The van der Waals surface area contributed by atoms with Gasteiger partial charge in [0.2, 0.25) is 0 Å². The van der Waals surface area contributed by atoms with Gasteiger partial charge in [-0.25, -0.2) is 4.79 Å². The summed E-state index contributed by atoms with van der Waals surface area (Å²) in [6, 6.07) is 7.98. The Hall–Kier alpha value is -1.39. The van der Waals surface area contributed by atoms with E-state index in [2.05, 4.69) is 23.6 Å². The maximum atomic E-state index is 11.0. The first-order valence-electron chi connectivity index (χ1n) is 9.31. The van der Waals surface area contributed by atoms with Crippen molar-refractivity contribution in [1.82, 2.24) is 9.80 Å². The third-order valence-electron chi connectivity index (χ3n) is 5.40. The van der Waals surface area contributed by atoms with Crippen LogP contribution in [0.5, 0.6) is 0 Å². The van der Waals surface area contributed by atoms with Crippen LogP contribution in [0.25, 0.3) is 0 Å². The summed E-state index contributed by atoms with van der Waals surface area (Å²) >= 11 is 0. The molecule has 1 N–H and O–H groups in total. The zero-order valence-corrected chi connectivity index (χ0v) is 14.9. The lowest BCUT2D eigenvalue weighted by Gasteiger charge is -2.34. The van der Waals surface area contributed by atoms with E-state index in [0.717, 1.165) is 25.6 Å². The summed E-state index contributed by atoms with van der Waals surface area (Å²) in [5.41, 5.74) is 1.57. The molecule has 0 aromatic heterocycles. The van der Waals surface area contributed by atoms with Crippen LogP contribution in [0.2, 0.25) is 0 Å². The van der Waals surface area contributed by atoms with Crippen LogP contribution in [-0.2, 0) is 6.54 Å². The van der Waals surface area contributed by atoms with Crippen molar-refractivity contribution >= 4 is 5.97 Å². The third kappa shape index (κ3) is 4.58. The van der Waals surface area contributed by atoms with Crippen LogP contribution in [0.1, 0.15) is 49.0 Å². The third-order valence-corrected chi connectivity index (χ3v) is 5.40. The van der Waals surface area contributed by atoms with Gasteiger partial charge in [-0.2, -0.15) is 0 Å². The van der Waals surface area contributed by atoms with E-state index < -0.39 is 5.97 Å². The fraction of sp³-hybridized carbons (Fsp3) is 0.650. The standard InChI is InChI=1S/C20H30N2O2/c1-15(2)19-14-21(10-3-11-22(19)13-17-4-5-17)12-16-6-8-18(9-7-16)20(23)24/h6-9,15,17,19H,3-5,10-14H2,1-2H3,(H,23,24). The summed E-state index contributed by atoms with van der Waals surface area (Å²) in [7, 11) is 0. The Morgan fingerprint density at radius 2 is 1.92 bits per heavy atom. The van der Waals surface area contributed by atoms with E-state index in [1.807, 2.05) is 12.1 Å². The van der Waals surface area contributed by atoms with E-state index in [1.54, 1.807) is 12.1 Å². The van der Waals surface area contributed by atoms with E-state index in [4.69, 9.17) is 5.11 Å². The molecule has 0 bridgehead atoms. The number of nitrogens with zero attached hydrogens (tertiary/aromatic N) is 2. The summed E-state index contributed by atoms with van der Waals surface area (Å²) < 4.78 is 0. The van der Waals surface area contributed by atoms with Gasteiger partial charge < -0.3 is 5.11 Å². The number of aromatic carboxylic acids is 1. The SMILES string of the molecule is CC(C)C1CN(Cc2ccc(C(=O)O)cc2)CCCN1CC1CC1.